The molecule has 11 nitrogen and oxygen atoms in total. The minimum Gasteiger partial charge on any atom is -0.345 e. The molecule has 7 fully saturated rings. The third-order valence-electron chi connectivity index (χ3n) is 17.6. The standard InChI is InChI=1S/C45H72N4O7S/c1-9-30-25-43(30,39(54)47-57(55,56)42(8)21-22-42)27-35(51)33-26-45(41(6,7)44(45)19-15-20-44)28-49(33)38(53)31(40(3,4)5)24-34(50)36(29-16-12-11-13-17-29)46-37(52)32-18-14-23-48(32)10-2/h29-33,36H,9-28H2,1-8H3,(H,46,52)(H,47,54)/t30-,31-,32+,33?,36+,43-,45-/m1/s1. The number of amides is 3. The lowest BCUT2D eigenvalue weighted by atomic mass is 9.73. The summed E-state index contributed by atoms with van der Waals surface area (Å²) < 4.78 is 27.8. The summed E-state index contributed by atoms with van der Waals surface area (Å²) >= 11 is 0. The number of hydrogen-bond donors (Lipinski definition) is 2. The average molecular weight is 813 g/mol. The second-order valence-corrected chi connectivity index (χ2v) is 23.8. The van der Waals surface area contributed by atoms with Gasteiger partial charge in [-0.15, -0.1) is 0 Å². The zero-order chi connectivity index (χ0) is 41.6. The van der Waals surface area contributed by atoms with Crippen molar-refractivity contribution in [1.82, 2.24) is 19.8 Å². The summed E-state index contributed by atoms with van der Waals surface area (Å²) in [5, 5.41) is 3.24. The van der Waals surface area contributed by atoms with Crippen LogP contribution in [0.2, 0.25) is 0 Å². The van der Waals surface area contributed by atoms with Gasteiger partial charge in [-0.05, 0) is 112 Å². The maximum atomic E-state index is 15.3. The number of rotatable bonds is 15. The van der Waals surface area contributed by atoms with Crippen LogP contribution in [0, 0.1) is 44.8 Å². The fourth-order valence-electron chi connectivity index (χ4n) is 12.8. The molecule has 57 heavy (non-hydrogen) atoms. The molecular weight excluding hydrogens is 741 g/mol. The van der Waals surface area contributed by atoms with Crippen molar-refractivity contribution in [2.24, 2.45) is 44.8 Å². The molecule has 2 N–H and O–H groups in total. The lowest BCUT2D eigenvalue weighted by Crippen LogP contribution is -2.54. The van der Waals surface area contributed by atoms with E-state index in [1.54, 1.807) is 11.8 Å². The summed E-state index contributed by atoms with van der Waals surface area (Å²) in [5.74, 6) is -1.96. The van der Waals surface area contributed by atoms with Crippen LogP contribution in [0.5, 0.6) is 0 Å². The van der Waals surface area contributed by atoms with E-state index >= 15 is 4.79 Å². The molecule has 7 rings (SSSR count). The third-order valence-corrected chi connectivity index (χ3v) is 19.7. The average Bonchev–Trinajstić information content (AvgIpc) is 4.01. The van der Waals surface area contributed by atoms with Crippen molar-refractivity contribution in [1.29, 1.82) is 0 Å². The van der Waals surface area contributed by atoms with E-state index in [0.29, 0.717) is 38.6 Å². The highest BCUT2D eigenvalue weighted by Crippen LogP contribution is 2.88. The molecule has 12 heteroatoms. The van der Waals surface area contributed by atoms with Gasteiger partial charge in [-0.3, -0.25) is 33.6 Å². The number of likely N-dealkylation sites (N-methyl/N-ethyl adjacent to an activating group) is 1. The summed E-state index contributed by atoms with van der Waals surface area (Å²) in [6.45, 7) is 18.3. The molecule has 320 valence electrons. The minimum atomic E-state index is -3.88. The summed E-state index contributed by atoms with van der Waals surface area (Å²) in [6.07, 6.45) is 12.3. The zero-order valence-electron chi connectivity index (χ0n) is 36.3. The van der Waals surface area contributed by atoms with Gasteiger partial charge in [-0.25, -0.2) is 8.42 Å². The van der Waals surface area contributed by atoms with Crippen molar-refractivity contribution in [3.8, 4) is 0 Å². The van der Waals surface area contributed by atoms with Gasteiger partial charge in [0.25, 0.3) is 0 Å². The smallest absolute Gasteiger partial charge is 0.240 e. The number of carbonyl (C=O) groups excluding carboxylic acids is 5. The first kappa shape index (κ1) is 42.8. The van der Waals surface area contributed by atoms with E-state index in [-0.39, 0.29) is 70.3 Å². The topological polar surface area (TPSA) is 150 Å². The van der Waals surface area contributed by atoms with Crippen molar-refractivity contribution in [3.63, 3.8) is 0 Å². The fraction of sp³-hybridized carbons (Fsp3) is 0.889. The molecule has 2 heterocycles. The van der Waals surface area contributed by atoms with Gasteiger partial charge in [0.2, 0.25) is 27.7 Å². The van der Waals surface area contributed by atoms with E-state index < -0.39 is 49.5 Å². The van der Waals surface area contributed by atoms with E-state index in [0.717, 1.165) is 77.3 Å². The zero-order valence-corrected chi connectivity index (χ0v) is 37.1. The van der Waals surface area contributed by atoms with Crippen molar-refractivity contribution < 1.29 is 32.4 Å². The van der Waals surface area contributed by atoms with Crippen molar-refractivity contribution in [3.05, 3.63) is 0 Å². The summed E-state index contributed by atoms with van der Waals surface area (Å²) in [4.78, 5) is 76.6. The fourth-order valence-corrected chi connectivity index (χ4v) is 14.1. The van der Waals surface area contributed by atoms with Crippen molar-refractivity contribution >= 4 is 39.3 Å². The van der Waals surface area contributed by atoms with Gasteiger partial charge in [0, 0.05) is 30.7 Å². The van der Waals surface area contributed by atoms with Crippen LogP contribution in [0.25, 0.3) is 0 Å². The lowest BCUT2D eigenvalue weighted by molar-refractivity contribution is -0.147. The van der Waals surface area contributed by atoms with Gasteiger partial charge in [-0.2, -0.15) is 0 Å². The summed E-state index contributed by atoms with van der Waals surface area (Å²) in [5.41, 5.74) is -1.99. The summed E-state index contributed by atoms with van der Waals surface area (Å²) in [6, 6.07) is -1.66. The van der Waals surface area contributed by atoms with Crippen LogP contribution in [-0.4, -0.2) is 90.0 Å². The van der Waals surface area contributed by atoms with Crippen LogP contribution in [0.4, 0.5) is 0 Å². The highest BCUT2D eigenvalue weighted by Gasteiger charge is 2.85. The SMILES string of the molecule is CC[C@@H]1C[C@]1(CC(=O)C1C[C@@]2(CN1C(=O)[C@@H](CC(=O)[C@@H](NC(=O)[C@@H]1CCCN1CC)C1CCCCC1)C(C)(C)C)C(C)(C)C21CCC1)C(=O)NS(=O)(=O)C1(C)CC1. The van der Waals surface area contributed by atoms with Crippen molar-refractivity contribution in [2.75, 3.05) is 19.6 Å². The Morgan fingerprint density at radius 1 is 0.825 bits per heavy atom. The molecular formula is C45H72N4O7S. The van der Waals surface area contributed by atoms with Crippen molar-refractivity contribution in [2.45, 2.75) is 187 Å². The highest BCUT2D eigenvalue weighted by atomic mass is 32.2. The predicted molar refractivity (Wildman–Crippen MR) is 219 cm³/mol. The maximum absolute atomic E-state index is 15.3. The number of Topliss-reactive ketones (excluding diaryl/α,β-unsaturated/α-hetero) is 2. The number of carbonyl (C=O) groups is 5. The summed E-state index contributed by atoms with van der Waals surface area (Å²) in [7, 11) is -3.88. The first-order chi connectivity index (χ1) is 26.6. The molecule has 3 amide bonds. The van der Waals surface area contributed by atoms with Crippen LogP contribution in [-0.2, 0) is 34.0 Å². The molecule has 5 aliphatic carbocycles. The monoisotopic (exact) mass is 813 g/mol. The number of sulfonamides is 1. The second-order valence-electron chi connectivity index (χ2n) is 21.6. The van der Waals surface area contributed by atoms with Gasteiger partial charge >= 0.3 is 0 Å². The Morgan fingerprint density at radius 3 is 2.02 bits per heavy atom. The molecule has 7 aliphatic rings. The molecule has 0 bridgehead atoms. The predicted octanol–water partition coefficient (Wildman–Crippen LogP) is 6.33. The Kier molecular flexibility index (Phi) is 11.0. The van der Waals surface area contributed by atoms with Crippen LogP contribution in [0.15, 0.2) is 0 Å². The Hall–Kier alpha value is -2.34. The number of ketones is 2. The molecule has 7 atom stereocenters. The highest BCUT2D eigenvalue weighted by molar-refractivity contribution is 7.91. The Bertz CT molecular complexity index is 1760. The minimum absolute atomic E-state index is 0.0221. The van der Waals surface area contributed by atoms with E-state index in [9.17, 15) is 27.6 Å². The number of nitrogens with zero attached hydrogens (tertiary/aromatic N) is 2. The first-order valence-electron chi connectivity index (χ1n) is 22.6. The number of nitrogens with one attached hydrogen (secondary N) is 2. The van der Waals surface area contributed by atoms with Crippen LogP contribution in [0.1, 0.15) is 165 Å². The number of fused-ring (bicyclic) bond motifs is 1. The molecule has 0 aromatic heterocycles. The van der Waals surface area contributed by atoms with Gasteiger partial charge < -0.3 is 10.2 Å². The Labute approximate surface area is 342 Å². The van der Waals surface area contributed by atoms with Gasteiger partial charge in [0.05, 0.1) is 28.3 Å². The van der Waals surface area contributed by atoms with Gasteiger partial charge in [-0.1, -0.05) is 80.6 Å². The van der Waals surface area contributed by atoms with E-state index in [2.05, 4.69) is 35.7 Å². The molecule has 0 aromatic carbocycles. The van der Waals surface area contributed by atoms with Crippen LogP contribution < -0.4 is 10.0 Å². The molecule has 0 aromatic rings. The third kappa shape index (κ3) is 6.94. The van der Waals surface area contributed by atoms with E-state index in [1.807, 2.05) is 27.7 Å². The molecule has 1 unspecified atom stereocenters. The number of hydrogen-bond acceptors (Lipinski definition) is 8. The Balaban J connectivity index is 1.15. The van der Waals surface area contributed by atoms with Gasteiger partial charge in [0.1, 0.15) is 0 Å². The number of likely N-dealkylation sites (tertiary alicyclic amines) is 2. The van der Waals surface area contributed by atoms with E-state index in [4.69, 9.17) is 0 Å². The van der Waals surface area contributed by atoms with E-state index in [1.165, 1.54) is 0 Å². The Morgan fingerprint density at radius 2 is 1.49 bits per heavy atom. The quantitative estimate of drug-likeness (QED) is 0.195. The molecule has 0 radical (unpaired) electrons. The maximum Gasteiger partial charge on any atom is 0.240 e. The lowest BCUT2D eigenvalue weighted by Gasteiger charge is -2.37. The molecule has 2 spiro atoms. The normalized spacial score (nSPS) is 33.7. The van der Waals surface area contributed by atoms with Crippen LogP contribution >= 0.6 is 0 Å². The van der Waals surface area contributed by atoms with Crippen LogP contribution in [0.3, 0.4) is 0 Å². The molecule has 5 saturated carbocycles. The molecule has 2 saturated heterocycles. The first-order valence-corrected chi connectivity index (χ1v) is 24.1. The largest absolute Gasteiger partial charge is 0.345 e. The van der Waals surface area contributed by atoms with Gasteiger partial charge in [0.15, 0.2) is 11.6 Å². The second kappa shape index (κ2) is 14.7. The molecule has 2 aliphatic heterocycles.